The van der Waals surface area contributed by atoms with Crippen LogP contribution < -0.4 is 0 Å². The normalized spacial score (nSPS) is 11.6. The second-order valence-corrected chi connectivity index (χ2v) is 8.90. The number of nitrogens with zero attached hydrogens (tertiary/aromatic N) is 4. The van der Waals surface area contributed by atoms with E-state index >= 15 is 0 Å². The Hall–Kier alpha value is -2.73. The fourth-order valence-electron chi connectivity index (χ4n) is 4.31. The van der Waals surface area contributed by atoms with E-state index in [1.807, 2.05) is 6.92 Å². The van der Waals surface area contributed by atoms with Crippen molar-refractivity contribution in [3.8, 4) is 0 Å². The topological polar surface area (TPSA) is 41.4 Å². The van der Waals surface area contributed by atoms with Crippen molar-refractivity contribution in [1.29, 1.82) is 0 Å². The van der Waals surface area contributed by atoms with Crippen molar-refractivity contribution in [1.82, 2.24) is 19.4 Å². The van der Waals surface area contributed by atoms with Gasteiger partial charge in [0.15, 0.2) is 0 Å². The third-order valence-corrected chi connectivity index (χ3v) is 6.05. The third-order valence-electron chi connectivity index (χ3n) is 6.05. The van der Waals surface area contributed by atoms with Crippen LogP contribution in [0.2, 0.25) is 0 Å². The van der Waals surface area contributed by atoms with E-state index in [1.54, 1.807) is 17.0 Å². The fraction of sp³-hybridized carbons (Fsp3) is 0.481. The van der Waals surface area contributed by atoms with Crippen LogP contribution >= 0.6 is 0 Å². The smallest absolute Gasteiger partial charge is 0.254 e. The molecule has 0 bridgehead atoms. The van der Waals surface area contributed by atoms with Gasteiger partial charge in [-0.1, -0.05) is 32.9 Å². The van der Waals surface area contributed by atoms with Gasteiger partial charge in [-0.05, 0) is 69.1 Å². The second-order valence-electron chi connectivity index (χ2n) is 8.90. The van der Waals surface area contributed by atoms with Crippen LogP contribution in [0.1, 0.15) is 69.2 Å². The molecule has 0 radical (unpaired) electrons. The van der Waals surface area contributed by atoms with E-state index in [-0.39, 0.29) is 5.91 Å². The van der Waals surface area contributed by atoms with Crippen molar-refractivity contribution in [3.05, 3.63) is 65.2 Å². The van der Waals surface area contributed by atoms with E-state index in [0.29, 0.717) is 24.7 Å². The molecule has 3 aromatic rings. The van der Waals surface area contributed by atoms with Crippen molar-refractivity contribution in [2.24, 2.45) is 0 Å². The molecule has 178 valence electrons. The Kier molecular flexibility index (Phi) is 8.61. The fourth-order valence-corrected chi connectivity index (χ4v) is 4.31. The quantitative estimate of drug-likeness (QED) is 0.365. The molecule has 0 atom stereocenters. The van der Waals surface area contributed by atoms with Crippen LogP contribution in [0.15, 0.2) is 42.5 Å². The lowest BCUT2D eigenvalue weighted by Crippen LogP contribution is -2.32. The van der Waals surface area contributed by atoms with Gasteiger partial charge < -0.3 is 9.47 Å². The van der Waals surface area contributed by atoms with Crippen LogP contribution in [-0.4, -0.2) is 44.4 Å². The van der Waals surface area contributed by atoms with Crippen LogP contribution in [0, 0.1) is 5.82 Å². The first-order chi connectivity index (χ1) is 15.9. The minimum atomic E-state index is -0.398. The zero-order valence-electron chi connectivity index (χ0n) is 20.6. The predicted octanol–water partition coefficient (Wildman–Crippen LogP) is 5.87. The first-order valence-corrected chi connectivity index (χ1v) is 12.1. The van der Waals surface area contributed by atoms with E-state index in [0.717, 1.165) is 49.3 Å². The van der Waals surface area contributed by atoms with E-state index in [1.165, 1.54) is 17.7 Å². The van der Waals surface area contributed by atoms with E-state index < -0.39 is 5.82 Å². The highest BCUT2D eigenvalue weighted by atomic mass is 19.1. The molecule has 0 aliphatic heterocycles. The highest BCUT2D eigenvalue weighted by Gasteiger charge is 2.20. The van der Waals surface area contributed by atoms with Crippen molar-refractivity contribution in [2.45, 2.75) is 73.1 Å². The maximum atomic E-state index is 13.7. The molecule has 2 aromatic carbocycles. The number of aromatic nitrogens is 2. The number of carbonyl (C=O) groups excluding carboxylic acids is 1. The van der Waals surface area contributed by atoms with Gasteiger partial charge in [-0.2, -0.15) is 0 Å². The van der Waals surface area contributed by atoms with E-state index in [9.17, 15) is 9.18 Å². The van der Waals surface area contributed by atoms with Gasteiger partial charge in [-0.25, -0.2) is 9.37 Å². The summed E-state index contributed by atoms with van der Waals surface area (Å²) in [5, 5.41) is 0. The summed E-state index contributed by atoms with van der Waals surface area (Å²) < 4.78 is 15.9. The number of carbonyl (C=O) groups is 1. The molecule has 6 heteroatoms. The SMILES string of the molecule is CCCN(Cc1nc2cc(CN(CC)C(C)C)ccc2n1CCC)C(=O)c1cccc(F)c1. The summed E-state index contributed by atoms with van der Waals surface area (Å²) in [6, 6.07) is 12.9. The van der Waals surface area contributed by atoms with Crippen molar-refractivity contribution in [3.63, 3.8) is 0 Å². The predicted molar refractivity (Wildman–Crippen MR) is 133 cm³/mol. The Balaban J connectivity index is 1.93. The molecular weight excluding hydrogens is 415 g/mol. The number of rotatable bonds is 11. The summed E-state index contributed by atoms with van der Waals surface area (Å²) in [5.74, 6) is 0.312. The highest BCUT2D eigenvalue weighted by Crippen LogP contribution is 2.22. The Morgan fingerprint density at radius 1 is 1.06 bits per heavy atom. The lowest BCUT2D eigenvalue weighted by Gasteiger charge is -2.24. The van der Waals surface area contributed by atoms with Crippen LogP contribution in [-0.2, 0) is 19.6 Å². The molecule has 5 nitrogen and oxygen atoms in total. The molecule has 0 aliphatic carbocycles. The van der Waals surface area contributed by atoms with Gasteiger partial charge in [0.2, 0.25) is 0 Å². The van der Waals surface area contributed by atoms with Crippen LogP contribution in [0.25, 0.3) is 11.0 Å². The molecule has 0 aliphatic rings. The van der Waals surface area contributed by atoms with Gasteiger partial charge in [0.05, 0.1) is 17.6 Å². The first-order valence-electron chi connectivity index (χ1n) is 12.1. The van der Waals surface area contributed by atoms with Gasteiger partial charge in [-0.15, -0.1) is 0 Å². The average Bonchev–Trinajstić information content (AvgIpc) is 3.13. The summed E-state index contributed by atoms with van der Waals surface area (Å²) in [5.41, 5.74) is 3.67. The lowest BCUT2D eigenvalue weighted by molar-refractivity contribution is 0.0736. The minimum Gasteiger partial charge on any atom is -0.331 e. The molecule has 1 aromatic heterocycles. The zero-order valence-corrected chi connectivity index (χ0v) is 20.6. The van der Waals surface area contributed by atoms with Gasteiger partial charge in [0.1, 0.15) is 11.6 Å². The summed E-state index contributed by atoms with van der Waals surface area (Å²) in [6.45, 7) is 14.5. The Labute approximate surface area is 197 Å². The number of benzene rings is 2. The molecule has 0 saturated carbocycles. The summed E-state index contributed by atoms with van der Waals surface area (Å²) in [6.07, 6.45) is 1.80. The maximum absolute atomic E-state index is 13.7. The number of halogens is 1. The number of hydrogen-bond acceptors (Lipinski definition) is 3. The number of imidazole rings is 1. The summed E-state index contributed by atoms with van der Waals surface area (Å²) >= 11 is 0. The van der Waals surface area contributed by atoms with Crippen LogP contribution in [0.5, 0.6) is 0 Å². The molecule has 0 saturated heterocycles. The monoisotopic (exact) mass is 452 g/mol. The molecule has 0 spiro atoms. The zero-order chi connectivity index (χ0) is 24.0. The second kappa shape index (κ2) is 11.4. The molecule has 1 heterocycles. The standard InChI is InChI=1S/C27H37FN4O/c1-6-14-31(27(33)22-10-9-11-23(28)17-22)19-26-29-24-16-21(18-30(8-3)20(4)5)12-13-25(24)32(26)15-7-2/h9-13,16-17,20H,6-8,14-15,18-19H2,1-5H3. The van der Waals surface area contributed by atoms with E-state index in [2.05, 4.69) is 55.4 Å². The Bertz CT molecular complexity index is 1080. The number of fused-ring (bicyclic) bond motifs is 1. The van der Waals surface area contributed by atoms with Gasteiger partial charge in [-0.3, -0.25) is 9.69 Å². The third kappa shape index (κ3) is 5.99. The summed E-state index contributed by atoms with van der Waals surface area (Å²) in [7, 11) is 0. The van der Waals surface area contributed by atoms with Crippen LogP contribution in [0.4, 0.5) is 4.39 Å². The van der Waals surface area contributed by atoms with Crippen molar-refractivity contribution >= 4 is 16.9 Å². The van der Waals surface area contributed by atoms with Gasteiger partial charge in [0.25, 0.3) is 5.91 Å². The summed E-state index contributed by atoms with van der Waals surface area (Å²) in [4.78, 5) is 22.3. The first kappa shape index (κ1) is 24.9. The molecule has 0 unspecified atom stereocenters. The highest BCUT2D eigenvalue weighted by molar-refractivity contribution is 5.94. The van der Waals surface area contributed by atoms with Gasteiger partial charge in [0, 0.05) is 31.2 Å². The van der Waals surface area contributed by atoms with Crippen LogP contribution in [0.3, 0.4) is 0 Å². The molecular formula is C27H37FN4O. The lowest BCUT2D eigenvalue weighted by atomic mass is 10.1. The molecule has 0 fully saturated rings. The maximum Gasteiger partial charge on any atom is 0.254 e. The van der Waals surface area contributed by atoms with Crippen molar-refractivity contribution in [2.75, 3.05) is 13.1 Å². The minimum absolute atomic E-state index is 0.164. The average molecular weight is 453 g/mol. The number of aryl methyl sites for hydroxylation is 1. The number of amides is 1. The number of hydrogen-bond donors (Lipinski definition) is 0. The molecule has 1 amide bonds. The Morgan fingerprint density at radius 2 is 1.85 bits per heavy atom. The van der Waals surface area contributed by atoms with E-state index in [4.69, 9.17) is 4.98 Å². The van der Waals surface area contributed by atoms with Gasteiger partial charge >= 0.3 is 0 Å². The van der Waals surface area contributed by atoms with Crippen molar-refractivity contribution < 1.29 is 9.18 Å². The molecule has 33 heavy (non-hydrogen) atoms. The molecule has 0 N–H and O–H groups in total. The largest absolute Gasteiger partial charge is 0.331 e. The Morgan fingerprint density at radius 3 is 2.48 bits per heavy atom. The molecule has 3 rings (SSSR count).